The van der Waals surface area contributed by atoms with Gasteiger partial charge in [0, 0.05) is 18.4 Å². The second-order valence-corrected chi connectivity index (χ2v) is 7.37. The number of rotatable bonds is 3. The lowest BCUT2D eigenvalue weighted by molar-refractivity contribution is -0.146. The van der Waals surface area contributed by atoms with Crippen LogP contribution < -0.4 is 5.32 Å². The summed E-state index contributed by atoms with van der Waals surface area (Å²) in [6, 6.07) is 0. The van der Waals surface area contributed by atoms with E-state index >= 15 is 0 Å². The number of epoxide rings is 1. The van der Waals surface area contributed by atoms with Gasteiger partial charge in [-0.2, -0.15) is 0 Å². The summed E-state index contributed by atoms with van der Waals surface area (Å²) in [6.07, 6.45) is 5.38. The van der Waals surface area contributed by atoms with Gasteiger partial charge in [0.2, 0.25) is 0 Å². The van der Waals surface area contributed by atoms with Gasteiger partial charge in [0.25, 0.3) is 0 Å². The van der Waals surface area contributed by atoms with E-state index in [0.717, 1.165) is 32.4 Å². The van der Waals surface area contributed by atoms with Crippen molar-refractivity contribution < 1.29 is 14.3 Å². The smallest absolute Gasteiger partial charge is 0.310 e. The van der Waals surface area contributed by atoms with Crippen molar-refractivity contribution in [3.05, 3.63) is 11.6 Å². The fourth-order valence-corrected chi connectivity index (χ4v) is 5.12. The summed E-state index contributed by atoms with van der Waals surface area (Å²) < 4.78 is 12.1. The van der Waals surface area contributed by atoms with Crippen LogP contribution in [0.2, 0.25) is 0 Å². The quantitative estimate of drug-likeness (QED) is 0.491. The molecule has 0 aromatic heterocycles. The summed E-state index contributed by atoms with van der Waals surface area (Å²) in [5, 5.41) is 3.33. The molecule has 0 radical (unpaired) electrons. The highest BCUT2D eigenvalue weighted by Gasteiger charge is 2.75. The van der Waals surface area contributed by atoms with Gasteiger partial charge in [-0.3, -0.25) is 4.79 Å². The molecule has 21 heavy (non-hydrogen) atoms. The Morgan fingerprint density at radius 2 is 2.29 bits per heavy atom. The van der Waals surface area contributed by atoms with Crippen LogP contribution in [0.4, 0.5) is 0 Å². The summed E-state index contributed by atoms with van der Waals surface area (Å²) >= 11 is 0. The summed E-state index contributed by atoms with van der Waals surface area (Å²) in [7, 11) is 0. The normalized spacial score (nSPS) is 50.6. The molecule has 1 spiro atoms. The maximum absolute atomic E-state index is 12.3. The molecule has 0 aromatic rings. The van der Waals surface area contributed by atoms with E-state index < -0.39 is 0 Å². The third kappa shape index (κ3) is 1.66. The van der Waals surface area contributed by atoms with Gasteiger partial charge in [0.15, 0.2) is 0 Å². The van der Waals surface area contributed by atoms with E-state index in [1.807, 2.05) is 0 Å². The zero-order valence-corrected chi connectivity index (χ0v) is 13.1. The Balaban J connectivity index is 1.66. The van der Waals surface area contributed by atoms with Crippen LogP contribution in [0.3, 0.4) is 0 Å². The average molecular weight is 291 g/mol. The van der Waals surface area contributed by atoms with Crippen LogP contribution >= 0.6 is 0 Å². The van der Waals surface area contributed by atoms with Crippen LogP contribution in [0.25, 0.3) is 0 Å². The van der Waals surface area contributed by atoms with E-state index in [0.29, 0.717) is 5.92 Å². The molecule has 1 saturated carbocycles. The highest BCUT2D eigenvalue weighted by molar-refractivity contribution is 5.76. The molecule has 4 heteroatoms. The number of hydrogen-bond acceptors (Lipinski definition) is 4. The Morgan fingerprint density at radius 3 is 3.05 bits per heavy atom. The van der Waals surface area contributed by atoms with Gasteiger partial charge in [-0.25, -0.2) is 0 Å². The van der Waals surface area contributed by atoms with E-state index in [1.54, 1.807) is 0 Å². The van der Waals surface area contributed by atoms with Crippen molar-refractivity contribution in [2.75, 3.05) is 13.1 Å². The molecule has 1 N–H and O–H groups in total. The van der Waals surface area contributed by atoms with Crippen molar-refractivity contribution in [1.29, 1.82) is 0 Å². The molecule has 3 fully saturated rings. The molecule has 4 nitrogen and oxygen atoms in total. The van der Waals surface area contributed by atoms with Crippen LogP contribution in [-0.4, -0.2) is 36.4 Å². The zero-order valence-electron chi connectivity index (χ0n) is 13.1. The largest absolute Gasteiger partial charge is 0.461 e. The SMILES string of the molecule is CCNC[C@@H]1C(=O)O[C@H]2[C@H]1CC[C@@]1(C)O[C@@]13CC=C(C)[C@H]23. The maximum atomic E-state index is 12.3. The van der Waals surface area contributed by atoms with Crippen molar-refractivity contribution >= 4 is 5.97 Å². The number of carbonyl (C=O) groups excluding carboxylic acids is 1. The van der Waals surface area contributed by atoms with Crippen molar-refractivity contribution in [2.24, 2.45) is 17.8 Å². The molecule has 2 saturated heterocycles. The molecule has 0 unspecified atom stereocenters. The Hall–Kier alpha value is -0.870. The Morgan fingerprint density at radius 1 is 1.48 bits per heavy atom. The molecular weight excluding hydrogens is 266 g/mol. The number of ether oxygens (including phenoxy) is 2. The summed E-state index contributed by atoms with van der Waals surface area (Å²) in [5.74, 6) is 0.616. The molecule has 4 rings (SSSR count). The molecular formula is C17H25NO3. The predicted octanol–water partition coefficient (Wildman–Crippen LogP) is 2.04. The van der Waals surface area contributed by atoms with Crippen molar-refractivity contribution in [2.45, 2.75) is 57.3 Å². The molecule has 116 valence electrons. The van der Waals surface area contributed by atoms with E-state index in [9.17, 15) is 4.79 Å². The van der Waals surface area contributed by atoms with Crippen LogP contribution in [0, 0.1) is 17.8 Å². The number of nitrogens with one attached hydrogen (secondary N) is 1. The third-order valence-corrected chi connectivity index (χ3v) is 6.37. The van der Waals surface area contributed by atoms with E-state index in [2.05, 4.69) is 32.2 Å². The topological polar surface area (TPSA) is 50.9 Å². The predicted molar refractivity (Wildman–Crippen MR) is 78.7 cm³/mol. The van der Waals surface area contributed by atoms with Gasteiger partial charge in [0.1, 0.15) is 11.7 Å². The van der Waals surface area contributed by atoms with Crippen LogP contribution in [0.5, 0.6) is 0 Å². The third-order valence-electron chi connectivity index (χ3n) is 6.37. The van der Waals surface area contributed by atoms with Gasteiger partial charge >= 0.3 is 5.97 Å². The lowest BCUT2D eigenvalue weighted by atomic mass is 9.77. The lowest BCUT2D eigenvalue weighted by Gasteiger charge is -2.28. The van der Waals surface area contributed by atoms with Gasteiger partial charge in [-0.05, 0) is 39.7 Å². The second-order valence-electron chi connectivity index (χ2n) is 7.37. The van der Waals surface area contributed by atoms with Crippen molar-refractivity contribution in [1.82, 2.24) is 5.32 Å². The highest BCUT2D eigenvalue weighted by Crippen LogP contribution is 2.67. The van der Waals surface area contributed by atoms with Crippen molar-refractivity contribution in [3.63, 3.8) is 0 Å². The Labute approximate surface area is 126 Å². The molecule has 0 aromatic carbocycles. The first-order chi connectivity index (χ1) is 10.0. The van der Waals surface area contributed by atoms with Crippen LogP contribution in [0.1, 0.15) is 40.0 Å². The fraction of sp³-hybridized carbons (Fsp3) is 0.824. The van der Waals surface area contributed by atoms with Crippen LogP contribution in [0.15, 0.2) is 11.6 Å². The Kier molecular flexibility index (Phi) is 2.84. The molecule has 0 amide bonds. The molecule has 2 heterocycles. The Bertz CT molecular complexity index is 516. The van der Waals surface area contributed by atoms with Gasteiger partial charge < -0.3 is 14.8 Å². The number of fused-ring (bicyclic) bond motifs is 2. The monoisotopic (exact) mass is 291 g/mol. The number of carbonyl (C=O) groups is 1. The minimum Gasteiger partial charge on any atom is -0.461 e. The molecule has 4 aliphatic rings. The van der Waals surface area contributed by atoms with E-state index in [1.165, 1.54) is 5.57 Å². The summed E-state index contributed by atoms with van der Waals surface area (Å²) in [5.41, 5.74) is 1.27. The molecule has 2 aliphatic heterocycles. The highest BCUT2D eigenvalue weighted by atomic mass is 16.6. The summed E-state index contributed by atoms with van der Waals surface area (Å²) in [4.78, 5) is 12.3. The fourth-order valence-electron chi connectivity index (χ4n) is 5.12. The first-order valence-electron chi connectivity index (χ1n) is 8.30. The minimum absolute atomic E-state index is 0.00852. The van der Waals surface area contributed by atoms with Crippen LogP contribution in [-0.2, 0) is 14.3 Å². The number of hydrogen-bond donors (Lipinski definition) is 1. The van der Waals surface area contributed by atoms with Gasteiger partial charge in [-0.1, -0.05) is 18.6 Å². The van der Waals surface area contributed by atoms with Crippen molar-refractivity contribution in [3.8, 4) is 0 Å². The molecule has 6 atom stereocenters. The number of esters is 1. The first kappa shape index (κ1) is 13.8. The zero-order chi connectivity index (χ0) is 14.8. The van der Waals surface area contributed by atoms with Gasteiger partial charge in [0.05, 0.1) is 11.5 Å². The lowest BCUT2D eigenvalue weighted by Crippen LogP contribution is -2.38. The first-order valence-corrected chi connectivity index (χ1v) is 8.30. The maximum Gasteiger partial charge on any atom is 0.310 e. The second kappa shape index (κ2) is 4.32. The minimum atomic E-state index is -0.0795. The summed E-state index contributed by atoms with van der Waals surface area (Å²) in [6.45, 7) is 8.14. The average Bonchev–Trinajstić information content (AvgIpc) is 2.74. The van der Waals surface area contributed by atoms with E-state index in [4.69, 9.17) is 9.47 Å². The molecule has 0 bridgehead atoms. The standard InChI is InChI=1S/C17H25NO3/c1-4-18-9-12-11-6-7-16(3)17(21-16)8-5-10(2)13(17)14(11)20-15(12)19/h5,11-14,18H,4,6-9H2,1-3H3/t11-,12-,13+,14-,16+,17+/m0/s1. The van der Waals surface area contributed by atoms with Gasteiger partial charge in [-0.15, -0.1) is 0 Å². The molecule has 2 aliphatic carbocycles. The van der Waals surface area contributed by atoms with E-state index in [-0.39, 0.29) is 35.1 Å².